The second-order valence-electron chi connectivity index (χ2n) is 7.03. The first-order valence-electron chi connectivity index (χ1n) is 5.72. The molecule has 98 valence electrons. The van der Waals surface area contributed by atoms with Crippen LogP contribution < -0.4 is 0 Å². The topological polar surface area (TPSA) is 40.6 Å². The van der Waals surface area contributed by atoms with E-state index in [2.05, 4.69) is 76.1 Å². The van der Waals surface area contributed by atoms with E-state index in [0.717, 1.165) is 0 Å². The third kappa shape index (κ3) is 10.6. The van der Waals surface area contributed by atoms with Gasteiger partial charge in [0.25, 0.3) is 0 Å². The van der Waals surface area contributed by atoms with Crippen LogP contribution in [0.15, 0.2) is 4.36 Å². The fraction of sp³-hybridized carbons (Fsp3) is 1.00. The lowest BCUT2D eigenvalue weighted by molar-refractivity contribution is 0.590. The summed E-state index contributed by atoms with van der Waals surface area (Å²) < 4.78 is 14.0. The minimum absolute atomic E-state index is 0.0907. The van der Waals surface area contributed by atoms with Crippen LogP contribution in [0, 0.1) is 0 Å². The average Bonchev–Trinajstić information content (AvgIpc) is 1.70. The zero-order chi connectivity index (χ0) is 13.2. The third-order valence-electron chi connectivity index (χ3n) is 1.07. The highest BCUT2D eigenvalue weighted by atomic mass is 32.2. The maximum atomic E-state index is 4.67. The summed E-state index contributed by atoms with van der Waals surface area (Å²) in [5.74, 6) is 0. The Hall–Kier alpha value is 0.0700. The summed E-state index contributed by atoms with van der Waals surface area (Å²) in [5.41, 5.74) is -0.272. The molecule has 0 fully saturated rings. The number of rotatable bonds is 2. The van der Waals surface area contributed by atoms with Gasteiger partial charge in [-0.2, -0.15) is 0 Å². The normalized spacial score (nSPS) is 14.4. The summed E-state index contributed by atoms with van der Waals surface area (Å²) >= 11 is -0.558. The molecule has 0 radical (unpaired) electrons. The van der Waals surface area contributed by atoms with Crippen molar-refractivity contribution in [3.8, 4) is 0 Å². The van der Waals surface area contributed by atoms with Crippen LogP contribution in [0.25, 0.3) is 9.44 Å². The average molecular weight is 245 g/mol. The third-order valence-corrected chi connectivity index (χ3v) is 3.20. The number of nitrogens with zero attached hydrogens (tertiary/aromatic N) is 3. The number of hydrogen-bond donors (Lipinski definition) is 0. The largest absolute Gasteiger partial charge is 0.608 e. The summed E-state index contributed by atoms with van der Waals surface area (Å²) in [7, 11) is 0. The van der Waals surface area contributed by atoms with Crippen molar-refractivity contribution in [3.63, 3.8) is 0 Å². The van der Waals surface area contributed by atoms with Crippen molar-refractivity contribution in [2.45, 2.75) is 78.9 Å². The minimum atomic E-state index is -0.558. The van der Waals surface area contributed by atoms with Crippen molar-refractivity contribution in [2.75, 3.05) is 0 Å². The molecule has 4 heteroatoms. The Morgan fingerprint density at radius 2 is 1.00 bits per heavy atom. The molecule has 3 nitrogen and oxygen atoms in total. The highest BCUT2D eigenvalue weighted by Gasteiger charge is 2.06. The summed E-state index contributed by atoms with van der Waals surface area (Å²) in [6.45, 7) is 18.8. The van der Waals surface area contributed by atoms with E-state index in [1.165, 1.54) is 0 Å². The maximum absolute atomic E-state index is 4.67. The second-order valence-corrected chi connectivity index (χ2v) is 8.07. The monoisotopic (exact) mass is 245 g/mol. The molecule has 0 saturated carbocycles. The molecule has 0 heterocycles. The molecule has 0 aliphatic carbocycles. The van der Waals surface area contributed by atoms with E-state index in [1.54, 1.807) is 0 Å². The summed E-state index contributed by atoms with van der Waals surface area (Å²) in [6.07, 6.45) is 0. The SMILES string of the molecule is CC(C)(C)N=S([N-]C(C)(C)C)[N-]C(C)(C)C. The van der Waals surface area contributed by atoms with Gasteiger partial charge >= 0.3 is 0 Å². The Labute approximate surface area is 104 Å². The Kier molecular flexibility index (Phi) is 5.17. The standard InChI is InChI=1S/C12H27N3S/c1-10(2,3)13-16(14-11(4,5)6)15-12(7,8)9/h1-9H3/q-2. The van der Waals surface area contributed by atoms with Crippen LogP contribution in [-0.4, -0.2) is 16.6 Å². The first-order chi connectivity index (χ1) is 6.79. The Morgan fingerprint density at radius 3 is 1.19 bits per heavy atom. The van der Waals surface area contributed by atoms with Crippen molar-refractivity contribution in [1.82, 2.24) is 0 Å². The molecule has 0 aromatic heterocycles. The van der Waals surface area contributed by atoms with Crippen molar-refractivity contribution >= 4 is 11.1 Å². The van der Waals surface area contributed by atoms with Crippen LogP contribution in [0.4, 0.5) is 0 Å². The molecule has 0 atom stereocenters. The van der Waals surface area contributed by atoms with Crippen molar-refractivity contribution in [1.29, 1.82) is 0 Å². The lowest BCUT2D eigenvalue weighted by atomic mass is 10.1. The van der Waals surface area contributed by atoms with Gasteiger partial charge in [0.05, 0.1) is 5.54 Å². The zero-order valence-electron chi connectivity index (χ0n) is 12.2. The fourth-order valence-corrected chi connectivity index (χ4v) is 2.39. The predicted octanol–water partition coefficient (Wildman–Crippen LogP) is 4.76. The van der Waals surface area contributed by atoms with Gasteiger partial charge in [0.15, 0.2) is 0 Å². The summed E-state index contributed by atoms with van der Waals surface area (Å²) in [4.78, 5) is 0. The quantitative estimate of drug-likeness (QED) is 0.673. The van der Waals surface area contributed by atoms with Gasteiger partial charge in [-0.25, -0.2) is 0 Å². The van der Waals surface area contributed by atoms with Crippen LogP contribution in [0.1, 0.15) is 62.3 Å². The van der Waals surface area contributed by atoms with E-state index in [1.807, 2.05) is 0 Å². The van der Waals surface area contributed by atoms with Crippen LogP contribution >= 0.6 is 0 Å². The van der Waals surface area contributed by atoms with Crippen LogP contribution in [0.5, 0.6) is 0 Å². The molecule has 0 aromatic carbocycles. The smallest absolute Gasteiger partial charge is 0.0556 e. The van der Waals surface area contributed by atoms with Gasteiger partial charge in [0, 0.05) is 0 Å². The Bertz CT molecular complexity index is 233. The molecule has 0 N–H and O–H groups in total. The molecule has 16 heavy (non-hydrogen) atoms. The molecular weight excluding hydrogens is 218 g/mol. The molecular formula is C12H27N3S-2. The van der Waals surface area contributed by atoms with E-state index < -0.39 is 11.1 Å². The van der Waals surface area contributed by atoms with Gasteiger partial charge in [-0.3, -0.25) is 4.36 Å². The van der Waals surface area contributed by atoms with Crippen molar-refractivity contribution in [3.05, 3.63) is 9.44 Å². The van der Waals surface area contributed by atoms with Gasteiger partial charge in [-0.15, -0.1) is 11.1 Å². The van der Waals surface area contributed by atoms with Gasteiger partial charge in [-0.1, -0.05) is 41.5 Å². The molecule has 0 aliphatic heterocycles. The van der Waals surface area contributed by atoms with Gasteiger partial charge in [0.1, 0.15) is 0 Å². The maximum Gasteiger partial charge on any atom is 0.0556 e. The highest BCUT2D eigenvalue weighted by molar-refractivity contribution is 7.92. The predicted molar refractivity (Wildman–Crippen MR) is 75.8 cm³/mol. The van der Waals surface area contributed by atoms with Gasteiger partial charge in [0.2, 0.25) is 0 Å². The zero-order valence-corrected chi connectivity index (χ0v) is 13.1. The van der Waals surface area contributed by atoms with Crippen molar-refractivity contribution in [2.24, 2.45) is 4.36 Å². The first kappa shape index (κ1) is 16.1. The number of hydrogen-bond acceptors (Lipinski definition) is 1. The minimum Gasteiger partial charge on any atom is -0.608 e. The summed E-state index contributed by atoms with van der Waals surface area (Å²) in [5, 5.41) is 0. The molecule has 0 spiro atoms. The van der Waals surface area contributed by atoms with Crippen LogP contribution in [0.2, 0.25) is 0 Å². The lowest BCUT2D eigenvalue weighted by Gasteiger charge is -2.52. The van der Waals surface area contributed by atoms with E-state index >= 15 is 0 Å². The highest BCUT2D eigenvalue weighted by Crippen LogP contribution is 2.29. The fourth-order valence-electron chi connectivity index (χ4n) is 0.796. The molecule has 0 aliphatic rings. The molecule has 0 unspecified atom stereocenters. The molecule has 0 rings (SSSR count). The molecule has 0 aromatic rings. The molecule has 0 saturated heterocycles. The van der Waals surface area contributed by atoms with E-state index in [4.69, 9.17) is 0 Å². The van der Waals surface area contributed by atoms with E-state index in [9.17, 15) is 0 Å². The van der Waals surface area contributed by atoms with Crippen molar-refractivity contribution < 1.29 is 0 Å². The van der Waals surface area contributed by atoms with Crippen LogP contribution in [0.3, 0.4) is 0 Å². The van der Waals surface area contributed by atoms with Gasteiger partial charge < -0.3 is 20.5 Å². The molecule has 0 bridgehead atoms. The van der Waals surface area contributed by atoms with E-state index in [-0.39, 0.29) is 16.6 Å². The van der Waals surface area contributed by atoms with E-state index in [0.29, 0.717) is 0 Å². The Morgan fingerprint density at radius 1 is 0.688 bits per heavy atom. The first-order valence-corrected chi connectivity index (χ1v) is 6.81. The van der Waals surface area contributed by atoms with Gasteiger partial charge in [-0.05, 0) is 20.8 Å². The summed E-state index contributed by atoms with van der Waals surface area (Å²) in [6, 6.07) is 0. The lowest BCUT2D eigenvalue weighted by Crippen LogP contribution is -2.21. The Balaban J connectivity index is 4.87. The second kappa shape index (κ2) is 5.15. The molecule has 0 amide bonds. The van der Waals surface area contributed by atoms with Crippen LogP contribution in [-0.2, 0) is 11.1 Å².